The fourth-order valence-corrected chi connectivity index (χ4v) is 5.64. The molecule has 8 nitrogen and oxygen atoms in total. The van der Waals surface area contributed by atoms with E-state index in [1.54, 1.807) is 19.1 Å². The predicted octanol–water partition coefficient (Wildman–Crippen LogP) is 3.25. The minimum Gasteiger partial charge on any atom is -0.508 e. The lowest BCUT2D eigenvalue weighted by atomic mass is 9.96. The van der Waals surface area contributed by atoms with Gasteiger partial charge in [-0.1, -0.05) is 56.7 Å². The Kier molecular flexibility index (Phi) is 9.84. The molecule has 0 radical (unpaired) electrons. The molecule has 1 fully saturated rings. The quantitative estimate of drug-likeness (QED) is 0.367. The molecule has 1 heterocycles. The fourth-order valence-electron chi connectivity index (χ4n) is 4.50. The van der Waals surface area contributed by atoms with Crippen molar-refractivity contribution >= 4 is 29.5 Å². The molecule has 4 atom stereocenters. The SMILES string of the molecule is CCC(C)CNC(=O)C1N(C(=O)[C@@H](O)[C@H](Cc2ccccc2)NC(=O)c2cccc(O)c2C)CSC1(C)C. The summed E-state index contributed by atoms with van der Waals surface area (Å²) in [4.78, 5) is 41.5. The van der Waals surface area contributed by atoms with E-state index in [9.17, 15) is 24.6 Å². The molecule has 38 heavy (non-hydrogen) atoms. The van der Waals surface area contributed by atoms with Crippen LogP contribution in [-0.4, -0.2) is 68.2 Å². The molecule has 3 amide bonds. The van der Waals surface area contributed by atoms with Gasteiger partial charge >= 0.3 is 0 Å². The lowest BCUT2D eigenvalue weighted by molar-refractivity contribution is -0.147. The van der Waals surface area contributed by atoms with Crippen LogP contribution in [0.15, 0.2) is 48.5 Å². The molecule has 3 rings (SSSR count). The van der Waals surface area contributed by atoms with Crippen LogP contribution in [-0.2, 0) is 16.0 Å². The minimum absolute atomic E-state index is 0.0172. The maximum atomic E-state index is 13.7. The maximum Gasteiger partial charge on any atom is 0.254 e. The molecule has 0 aromatic heterocycles. The Morgan fingerprint density at radius 1 is 1.13 bits per heavy atom. The number of benzene rings is 2. The van der Waals surface area contributed by atoms with Gasteiger partial charge in [-0.3, -0.25) is 14.4 Å². The number of phenolic OH excluding ortho intramolecular Hbond substituents is 1. The van der Waals surface area contributed by atoms with E-state index in [0.717, 1.165) is 12.0 Å². The summed E-state index contributed by atoms with van der Waals surface area (Å²) in [7, 11) is 0. The molecule has 0 bridgehead atoms. The van der Waals surface area contributed by atoms with Crippen molar-refractivity contribution in [2.24, 2.45) is 5.92 Å². The van der Waals surface area contributed by atoms with Crippen LogP contribution in [0.3, 0.4) is 0 Å². The van der Waals surface area contributed by atoms with Crippen molar-refractivity contribution in [2.45, 2.75) is 70.4 Å². The van der Waals surface area contributed by atoms with Crippen LogP contribution >= 0.6 is 11.8 Å². The van der Waals surface area contributed by atoms with Crippen LogP contribution in [0.5, 0.6) is 5.75 Å². The number of aromatic hydroxyl groups is 1. The van der Waals surface area contributed by atoms with Gasteiger partial charge in [0.25, 0.3) is 11.8 Å². The van der Waals surface area contributed by atoms with Gasteiger partial charge in [0.2, 0.25) is 5.91 Å². The summed E-state index contributed by atoms with van der Waals surface area (Å²) >= 11 is 1.48. The number of phenols is 1. The van der Waals surface area contributed by atoms with E-state index < -0.39 is 34.7 Å². The molecule has 2 aromatic carbocycles. The Labute approximate surface area is 229 Å². The summed E-state index contributed by atoms with van der Waals surface area (Å²) in [5.74, 6) is -0.832. The number of carbonyl (C=O) groups excluding carboxylic acids is 3. The Balaban J connectivity index is 1.86. The average Bonchev–Trinajstić information content (AvgIpc) is 3.22. The third-order valence-electron chi connectivity index (χ3n) is 7.20. The monoisotopic (exact) mass is 541 g/mol. The second kappa shape index (κ2) is 12.7. The first-order valence-electron chi connectivity index (χ1n) is 13.0. The molecule has 2 unspecified atom stereocenters. The third-order valence-corrected chi connectivity index (χ3v) is 8.57. The maximum absolute atomic E-state index is 13.7. The van der Waals surface area contributed by atoms with E-state index in [1.165, 1.54) is 22.7 Å². The van der Waals surface area contributed by atoms with E-state index in [0.29, 0.717) is 18.0 Å². The zero-order valence-electron chi connectivity index (χ0n) is 22.7. The number of aliphatic hydroxyl groups excluding tert-OH is 1. The van der Waals surface area contributed by atoms with Crippen molar-refractivity contribution in [3.05, 3.63) is 65.2 Å². The number of nitrogens with one attached hydrogen (secondary N) is 2. The standard InChI is InChI=1S/C29H39N3O5S/c1-6-18(2)16-30-27(36)25-29(4,5)38-17-32(25)28(37)24(34)22(15-20-11-8-7-9-12-20)31-26(35)21-13-10-14-23(33)19(21)3/h7-14,18,22,24-25,33-34H,6,15-17H2,1-5H3,(H,30,36)(H,31,35)/t18?,22-,24-,25?/m0/s1. The predicted molar refractivity (Wildman–Crippen MR) is 150 cm³/mol. The van der Waals surface area contributed by atoms with Gasteiger partial charge in [0, 0.05) is 22.4 Å². The zero-order chi connectivity index (χ0) is 28.0. The van der Waals surface area contributed by atoms with Gasteiger partial charge in [0.05, 0.1) is 11.9 Å². The van der Waals surface area contributed by atoms with Gasteiger partial charge < -0.3 is 25.7 Å². The molecule has 1 aliphatic heterocycles. The lowest BCUT2D eigenvalue weighted by Crippen LogP contribution is -2.59. The van der Waals surface area contributed by atoms with Gasteiger partial charge in [-0.15, -0.1) is 11.8 Å². The largest absolute Gasteiger partial charge is 0.508 e. The summed E-state index contributed by atoms with van der Waals surface area (Å²) in [6.45, 7) is 10.1. The number of thioether (sulfide) groups is 1. The van der Waals surface area contributed by atoms with Crippen LogP contribution in [0.25, 0.3) is 0 Å². The van der Waals surface area contributed by atoms with Crippen molar-refractivity contribution in [3.8, 4) is 5.75 Å². The van der Waals surface area contributed by atoms with E-state index in [2.05, 4.69) is 17.6 Å². The number of hydrogen-bond acceptors (Lipinski definition) is 6. The Morgan fingerprint density at radius 2 is 1.82 bits per heavy atom. The second-order valence-electron chi connectivity index (χ2n) is 10.5. The number of aliphatic hydroxyl groups is 1. The molecule has 1 aliphatic rings. The normalized spacial score (nSPS) is 18.9. The number of nitrogens with zero attached hydrogens (tertiary/aromatic N) is 1. The van der Waals surface area contributed by atoms with Crippen LogP contribution < -0.4 is 10.6 Å². The molecule has 9 heteroatoms. The van der Waals surface area contributed by atoms with E-state index in [-0.39, 0.29) is 29.5 Å². The first kappa shape index (κ1) is 29.5. The van der Waals surface area contributed by atoms with Gasteiger partial charge in [-0.25, -0.2) is 0 Å². The summed E-state index contributed by atoms with van der Waals surface area (Å²) in [5, 5.41) is 27.2. The summed E-state index contributed by atoms with van der Waals surface area (Å²) in [5.41, 5.74) is 1.49. The molecule has 0 aliphatic carbocycles. The number of carbonyl (C=O) groups is 3. The van der Waals surface area contributed by atoms with Crippen molar-refractivity contribution < 1.29 is 24.6 Å². The van der Waals surface area contributed by atoms with Crippen molar-refractivity contribution in [2.75, 3.05) is 12.4 Å². The highest BCUT2D eigenvalue weighted by Crippen LogP contribution is 2.40. The number of rotatable bonds is 10. The molecule has 4 N–H and O–H groups in total. The van der Waals surface area contributed by atoms with Crippen LogP contribution in [0, 0.1) is 12.8 Å². The summed E-state index contributed by atoms with van der Waals surface area (Å²) in [6, 6.07) is 12.2. The van der Waals surface area contributed by atoms with Gasteiger partial charge in [-0.2, -0.15) is 0 Å². The van der Waals surface area contributed by atoms with Crippen molar-refractivity contribution in [3.63, 3.8) is 0 Å². The molecule has 0 spiro atoms. The van der Waals surface area contributed by atoms with E-state index in [4.69, 9.17) is 0 Å². The van der Waals surface area contributed by atoms with Gasteiger partial charge in [-0.05, 0) is 50.8 Å². The van der Waals surface area contributed by atoms with Crippen molar-refractivity contribution in [1.29, 1.82) is 0 Å². The van der Waals surface area contributed by atoms with Gasteiger partial charge in [0.15, 0.2) is 6.10 Å². The summed E-state index contributed by atoms with van der Waals surface area (Å²) < 4.78 is -0.550. The lowest BCUT2D eigenvalue weighted by Gasteiger charge is -2.33. The first-order chi connectivity index (χ1) is 18.0. The zero-order valence-corrected chi connectivity index (χ0v) is 23.5. The molecule has 0 saturated carbocycles. The van der Waals surface area contributed by atoms with Crippen LogP contribution in [0.1, 0.15) is 55.6 Å². The Bertz CT molecular complexity index is 1140. The highest BCUT2D eigenvalue weighted by Gasteiger charge is 2.49. The molecule has 1 saturated heterocycles. The molecular weight excluding hydrogens is 502 g/mol. The third kappa shape index (κ3) is 6.88. The second-order valence-corrected chi connectivity index (χ2v) is 12.1. The Morgan fingerprint density at radius 3 is 2.47 bits per heavy atom. The van der Waals surface area contributed by atoms with Crippen LogP contribution in [0.2, 0.25) is 0 Å². The highest BCUT2D eigenvalue weighted by molar-refractivity contribution is 8.00. The smallest absolute Gasteiger partial charge is 0.254 e. The molecule has 206 valence electrons. The van der Waals surface area contributed by atoms with Crippen molar-refractivity contribution in [1.82, 2.24) is 15.5 Å². The van der Waals surface area contributed by atoms with Gasteiger partial charge in [0.1, 0.15) is 11.8 Å². The topological polar surface area (TPSA) is 119 Å². The molecular formula is C29H39N3O5S. The Hall–Kier alpha value is -3.04. The fraction of sp³-hybridized carbons (Fsp3) is 0.483. The minimum atomic E-state index is -1.59. The van der Waals surface area contributed by atoms with E-state index >= 15 is 0 Å². The van der Waals surface area contributed by atoms with Crippen LogP contribution in [0.4, 0.5) is 0 Å². The first-order valence-corrected chi connectivity index (χ1v) is 14.0. The highest BCUT2D eigenvalue weighted by atomic mass is 32.2. The number of hydrogen-bond donors (Lipinski definition) is 4. The average molecular weight is 542 g/mol. The summed E-state index contributed by atoms with van der Waals surface area (Å²) in [6.07, 6.45) is -0.465. The molecule has 2 aromatic rings. The van der Waals surface area contributed by atoms with E-state index in [1.807, 2.05) is 51.1 Å². The number of amides is 3.